The topological polar surface area (TPSA) is 79.6 Å². The zero-order chi connectivity index (χ0) is 23.7. The maximum atomic E-state index is 13.8. The van der Waals surface area contributed by atoms with Crippen LogP contribution in [0.5, 0.6) is 0 Å². The van der Waals surface area contributed by atoms with Gasteiger partial charge in [-0.25, -0.2) is 14.4 Å². The Bertz CT molecular complexity index is 1400. The Morgan fingerprint density at radius 1 is 1.15 bits per heavy atom. The molecule has 1 aromatic carbocycles. The van der Waals surface area contributed by atoms with E-state index in [1.54, 1.807) is 24.7 Å². The van der Waals surface area contributed by atoms with Gasteiger partial charge in [0.2, 0.25) is 5.91 Å². The standard InChI is InChI=1S/C26H22FN5O2/c1-2-24(33)31-13-10-19(15-31)20-14-23(32-16-28-12-9-22(20)32)17-5-7-18(8-6-17)26(34)30-25-21(27)4-3-11-29-25/h2-9,11-12,14,16,19H,1,10,13,15H2,(H,29,30,34). The maximum Gasteiger partial charge on any atom is 0.256 e. The number of amides is 2. The third kappa shape index (κ3) is 3.94. The van der Waals surface area contributed by atoms with E-state index in [0.717, 1.165) is 28.8 Å². The van der Waals surface area contributed by atoms with E-state index >= 15 is 0 Å². The van der Waals surface area contributed by atoms with Gasteiger partial charge in [-0.15, -0.1) is 0 Å². The fraction of sp³-hybridized carbons (Fsp3) is 0.154. The molecule has 1 unspecified atom stereocenters. The first kappa shape index (κ1) is 21.5. The normalized spacial score (nSPS) is 15.4. The molecule has 4 heterocycles. The number of anilines is 1. The summed E-state index contributed by atoms with van der Waals surface area (Å²) in [5, 5.41) is 2.50. The van der Waals surface area contributed by atoms with Crippen LogP contribution in [0, 0.1) is 5.82 Å². The number of rotatable bonds is 5. The van der Waals surface area contributed by atoms with Gasteiger partial charge in [0.1, 0.15) is 0 Å². The van der Waals surface area contributed by atoms with Gasteiger partial charge in [-0.05, 0) is 60.0 Å². The zero-order valence-electron chi connectivity index (χ0n) is 18.3. The van der Waals surface area contributed by atoms with Gasteiger partial charge in [0.05, 0.1) is 17.5 Å². The number of carbonyl (C=O) groups excluding carboxylic acids is 2. The number of nitrogens with zero attached hydrogens (tertiary/aromatic N) is 4. The lowest BCUT2D eigenvalue weighted by Crippen LogP contribution is -2.26. The van der Waals surface area contributed by atoms with Crippen molar-refractivity contribution >= 4 is 23.1 Å². The van der Waals surface area contributed by atoms with Crippen molar-refractivity contribution in [3.8, 4) is 11.3 Å². The summed E-state index contributed by atoms with van der Waals surface area (Å²) in [7, 11) is 0. The van der Waals surface area contributed by atoms with Gasteiger partial charge in [0.15, 0.2) is 11.6 Å². The van der Waals surface area contributed by atoms with Crippen LogP contribution in [0.4, 0.5) is 10.2 Å². The Balaban J connectivity index is 1.42. The van der Waals surface area contributed by atoms with Crippen LogP contribution in [-0.4, -0.2) is 44.2 Å². The molecule has 5 rings (SSSR count). The van der Waals surface area contributed by atoms with E-state index in [-0.39, 0.29) is 17.6 Å². The number of likely N-dealkylation sites (tertiary alicyclic amines) is 1. The predicted molar refractivity (Wildman–Crippen MR) is 127 cm³/mol. The minimum absolute atomic E-state index is 0.0487. The molecule has 1 fully saturated rings. The number of pyridine rings is 1. The first-order valence-corrected chi connectivity index (χ1v) is 10.9. The summed E-state index contributed by atoms with van der Waals surface area (Å²) in [5.74, 6) is -0.969. The molecule has 1 aliphatic rings. The summed E-state index contributed by atoms with van der Waals surface area (Å²) in [6.45, 7) is 4.94. The van der Waals surface area contributed by atoms with E-state index in [2.05, 4.69) is 27.9 Å². The molecule has 0 saturated carbocycles. The van der Waals surface area contributed by atoms with Gasteiger partial charge < -0.3 is 14.6 Å². The SMILES string of the molecule is C=CC(=O)N1CCC(c2cc(-c3ccc(C(=O)Nc4ncccc4F)cc3)n3cnccc23)C1. The molecule has 8 heteroatoms. The molecule has 34 heavy (non-hydrogen) atoms. The largest absolute Gasteiger partial charge is 0.339 e. The molecular weight excluding hydrogens is 433 g/mol. The highest BCUT2D eigenvalue weighted by molar-refractivity contribution is 6.04. The van der Waals surface area contributed by atoms with Crippen molar-refractivity contribution < 1.29 is 14.0 Å². The van der Waals surface area contributed by atoms with Crippen LogP contribution in [0.15, 0.2) is 79.9 Å². The second-order valence-corrected chi connectivity index (χ2v) is 8.16. The van der Waals surface area contributed by atoms with E-state index in [4.69, 9.17) is 0 Å². The Kier molecular flexibility index (Phi) is 5.63. The Morgan fingerprint density at radius 2 is 1.97 bits per heavy atom. The fourth-order valence-electron chi connectivity index (χ4n) is 4.42. The lowest BCUT2D eigenvalue weighted by Gasteiger charge is -2.13. The smallest absolute Gasteiger partial charge is 0.256 e. The minimum Gasteiger partial charge on any atom is -0.339 e. The molecule has 0 aliphatic carbocycles. The minimum atomic E-state index is -0.590. The van der Waals surface area contributed by atoms with Gasteiger partial charge in [0, 0.05) is 37.0 Å². The van der Waals surface area contributed by atoms with Gasteiger partial charge in [0.25, 0.3) is 5.91 Å². The Morgan fingerprint density at radius 3 is 2.74 bits per heavy atom. The van der Waals surface area contributed by atoms with Gasteiger partial charge in [-0.2, -0.15) is 0 Å². The number of carbonyl (C=O) groups is 2. The van der Waals surface area contributed by atoms with Gasteiger partial charge in [-0.3, -0.25) is 9.59 Å². The van der Waals surface area contributed by atoms with E-state index < -0.39 is 11.7 Å². The lowest BCUT2D eigenvalue weighted by molar-refractivity contribution is -0.125. The molecule has 0 radical (unpaired) electrons. The van der Waals surface area contributed by atoms with Crippen molar-refractivity contribution in [2.45, 2.75) is 12.3 Å². The van der Waals surface area contributed by atoms with Crippen molar-refractivity contribution in [3.63, 3.8) is 0 Å². The average molecular weight is 455 g/mol. The fourth-order valence-corrected chi connectivity index (χ4v) is 4.42. The number of benzene rings is 1. The summed E-state index contributed by atoms with van der Waals surface area (Å²) in [6.07, 6.45) is 7.18. The Labute approximate surface area is 195 Å². The van der Waals surface area contributed by atoms with E-state index in [1.807, 2.05) is 27.5 Å². The highest BCUT2D eigenvalue weighted by Gasteiger charge is 2.28. The molecule has 1 N–H and O–H groups in total. The van der Waals surface area contributed by atoms with Crippen LogP contribution >= 0.6 is 0 Å². The van der Waals surface area contributed by atoms with Crippen molar-refractivity contribution in [1.82, 2.24) is 19.3 Å². The first-order chi connectivity index (χ1) is 16.5. The van der Waals surface area contributed by atoms with Crippen LogP contribution in [-0.2, 0) is 4.79 Å². The molecule has 0 bridgehead atoms. The second kappa shape index (κ2) is 8.90. The van der Waals surface area contributed by atoms with Crippen LogP contribution < -0.4 is 5.32 Å². The van der Waals surface area contributed by atoms with E-state index in [1.165, 1.54) is 24.4 Å². The van der Waals surface area contributed by atoms with Gasteiger partial charge >= 0.3 is 0 Å². The number of nitrogens with one attached hydrogen (secondary N) is 1. The van der Waals surface area contributed by atoms with Crippen LogP contribution in [0.25, 0.3) is 16.8 Å². The number of hydrogen-bond donors (Lipinski definition) is 1. The third-order valence-electron chi connectivity index (χ3n) is 6.16. The van der Waals surface area contributed by atoms with Crippen LogP contribution in [0.3, 0.4) is 0 Å². The monoisotopic (exact) mass is 455 g/mol. The van der Waals surface area contributed by atoms with Crippen LogP contribution in [0.1, 0.15) is 28.3 Å². The zero-order valence-corrected chi connectivity index (χ0v) is 18.3. The summed E-state index contributed by atoms with van der Waals surface area (Å²) in [4.78, 5) is 34.5. The molecule has 1 saturated heterocycles. The average Bonchev–Trinajstić information content (AvgIpc) is 3.50. The number of halogens is 1. The van der Waals surface area contributed by atoms with Crippen molar-refractivity contribution in [2.24, 2.45) is 0 Å². The van der Waals surface area contributed by atoms with E-state index in [0.29, 0.717) is 18.7 Å². The van der Waals surface area contributed by atoms with Crippen molar-refractivity contribution in [3.05, 3.63) is 96.9 Å². The summed E-state index contributed by atoms with van der Waals surface area (Å²) >= 11 is 0. The molecule has 3 aromatic heterocycles. The first-order valence-electron chi connectivity index (χ1n) is 10.9. The molecule has 4 aromatic rings. The number of aromatic nitrogens is 3. The molecule has 7 nitrogen and oxygen atoms in total. The van der Waals surface area contributed by atoms with Gasteiger partial charge in [-0.1, -0.05) is 18.7 Å². The summed E-state index contributed by atoms with van der Waals surface area (Å²) in [6, 6.07) is 13.9. The summed E-state index contributed by atoms with van der Waals surface area (Å²) < 4.78 is 15.8. The Hall–Kier alpha value is -4.33. The lowest BCUT2D eigenvalue weighted by atomic mass is 9.98. The maximum absolute atomic E-state index is 13.8. The predicted octanol–water partition coefficient (Wildman–Crippen LogP) is 4.29. The van der Waals surface area contributed by atoms with E-state index in [9.17, 15) is 14.0 Å². The highest BCUT2D eigenvalue weighted by Crippen LogP contribution is 2.35. The third-order valence-corrected chi connectivity index (χ3v) is 6.16. The number of fused-ring (bicyclic) bond motifs is 1. The van der Waals surface area contributed by atoms with Crippen molar-refractivity contribution in [2.75, 3.05) is 18.4 Å². The highest BCUT2D eigenvalue weighted by atomic mass is 19.1. The summed E-state index contributed by atoms with van der Waals surface area (Å²) in [5.41, 5.74) is 4.43. The van der Waals surface area contributed by atoms with Crippen molar-refractivity contribution in [1.29, 1.82) is 0 Å². The molecular formula is C26H22FN5O2. The molecule has 0 spiro atoms. The molecule has 1 aliphatic heterocycles. The second-order valence-electron chi connectivity index (χ2n) is 8.16. The van der Waals surface area contributed by atoms with Crippen LogP contribution in [0.2, 0.25) is 0 Å². The molecule has 1 atom stereocenters. The molecule has 2 amide bonds. The number of hydrogen-bond acceptors (Lipinski definition) is 4. The molecule has 170 valence electrons. The quantitative estimate of drug-likeness (QED) is 0.456.